The third-order valence-electron chi connectivity index (χ3n) is 3.21. The highest BCUT2D eigenvalue weighted by Crippen LogP contribution is 2.17. The standard InChI is InChI=1S/C15H24N2O2/c1-2-3-4-5-6-9-12-16-13-14-10-7-8-11-15(14)17(18)19/h7-8,10-11,16H,2-6,9,12-13H2,1H3. The first kappa shape index (κ1) is 15.6. The van der Waals surface area contributed by atoms with E-state index in [0.29, 0.717) is 6.54 Å². The van der Waals surface area contributed by atoms with Crippen molar-refractivity contribution < 1.29 is 4.92 Å². The normalized spacial score (nSPS) is 10.6. The van der Waals surface area contributed by atoms with Crippen LogP contribution in [-0.2, 0) is 6.54 Å². The van der Waals surface area contributed by atoms with Crippen LogP contribution in [0, 0.1) is 10.1 Å². The Morgan fingerprint density at radius 2 is 1.79 bits per heavy atom. The van der Waals surface area contributed by atoms with Gasteiger partial charge in [-0.05, 0) is 13.0 Å². The minimum atomic E-state index is -0.318. The zero-order chi connectivity index (χ0) is 13.9. The molecule has 0 unspecified atom stereocenters. The Kier molecular flexibility index (Phi) is 7.82. The lowest BCUT2D eigenvalue weighted by molar-refractivity contribution is -0.385. The molecular weight excluding hydrogens is 240 g/mol. The van der Waals surface area contributed by atoms with E-state index in [1.807, 2.05) is 12.1 Å². The van der Waals surface area contributed by atoms with Crippen LogP contribution in [0.4, 0.5) is 5.69 Å². The molecule has 106 valence electrons. The van der Waals surface area contributed by atoms with Crippen molar-refractivity contribution in [1.82, 2.24) is 5.32 Å². The van der Waals surface area contributed by atoms with Crippen LogP contribution in [0.5, 0.6) is 0 Å². The molecule has 4 nitrogen and oxygen atoms in total. The Labute approximate surface area is 115 Å². The SMILES string of the molecule is CCCCCCCCNCc1ccccc1[N+](=O)[O-]. The zero-order valence-electron chi connectivity index (χ0n) is 11.7. The molecule has 0 heterocycles. The van der Waals surface area contributed by atoms with Gasteiger partial charge in [0.15, 0.2) is 0 Å². The van der Waals surface area contributed by atoms with Crippen LogP contribution in [0.1, 0.15) is 51.0 Å². The van der Waals surface area contributed by atoms with Crippen molar-refractivity contribution in [3.05, 3.63) is 39.9 Å². The Morgan fingerprint density at radius 1 is 1.11 bits per heavy atom. The highest BCUT2D eigenvalue weighted by Gasteiger charge is 2.10. The number of nitro benzene ring substituents is 1. The molecule has 1 N–H and O–H groups in total. The van der Waals surface area contributed by atoms with Gasteiger partial charge in [0.1, 0.15) is 0 Å². The summed E-state index contributed by atoms with van der Waals surface area (Å²) in [7, 11) is 0. The average molecular weight is 264 g/mol. The van der Waals surface area contributed by atoms with E-state index in [9.17, 15) is 10.1 Å². The number of nitrogens with zero attached hydrogens (tertiary/aromatic N) is 1. The van der Waals surface area contributed by atoms with Crippen molar-refractivity contribution in [2.45, 2.75) is 52.0 Å². The van der Waals surface area contributed by atoms with E-state index in [2.05, 4.69) is 12.2 Å². The first-order valence-corrected chi connectivity index (χ1v) is 7.18. The van der Waals surface area contributed by atoms with Gasteiger partial charge in [0.2, 0.25) is 0 Å². The minimum Gasteiger partial charge on any atom is -0.312 e. The summed E-state index contributed by atoms with van der Waals surface area (Å²) in [6, 6.07) is 6.91. The molecule has 0 radical (unpaired) electrons. The summed E-state index contributed by atoms with van der Waals surface area (Å²) in [5, 5.41) is 14.1. The van der Waals surface area contributed by atoms with E-state index in [0.717, 1.165) is 18.5 Å². The van der Waals surface area contributed by atoms with Crippen LogP contribution in [0.25, 0.3) is 0 Å². The van der Waals surface area contributed by atoms with Crippen molar-refractivity contribution >= 4 is 5.69 Å². The molecule has 0 spiro atoms. The summed E-state index contributed by atoms with van der Waals surface area (Å²) < 4.78 is 0. The van der Waals surface area contributed by atoms with Gasteiger partial charge < -0.3 is 5.32 Å². The molecule has 0 saturated carbocycles. The maximum absolute atomic E-state index is 10.8. The Balaban J connectivity index is 2.17. The first-order chi connectivity index (χ1) is 9.25. The lowest BCUT2D eigenvalue weighted by Gasteiger charge is -2.05. The predicted octanol–water partition coefficient (Wildman–Crippen LogP) is 4.04. The predicted molar refractivity (Wildman–Crippen MR) is 78.2 cm³/mol. The van der Waals surface area contributed by atoms with Crippen molar-refractivity contribution in [1.29, 1.82) is 0 Å². The summed E-state index contributed by atoms with van der Waals surface area (Å²) >= 11 is 0. The molecule has 1 aromatic rings. The van der Waals surface area contributed by atoms with Crippen LogP contribution in [0.15, 0.2) is 24.3 Å². The second-order valence-corrected chi connectivity index (χ2v) is 4.83. The van der Waals surface area contributed by atoms with Gasteiger partial charge in [0.05, 0.1) is 4.92 Å². The van der Waals surface area contributed by atoms with Gasteiger partial charge in [-0.1, -0.05) is 57.2 Å². The lowest BCUT2D eigenvalue weighted by Crippen LogP contribution is -2.15. The Morgan fingerprint density at radius 3 is 2.53 bits per heavy atom. The quantitative estimate of drug-likeness (QED) is 0.394. The van der Waals surface area contributed by atoms with Crippen LogP contribution in [0.3, 0.4) is 0 Å². The van der Waals surface area contributed by atoms with Crippen molar-refractivity contribution in [3.8, 4) is 0 Å². The number of nitro groups is 1. The summed E-state index contributed by atoms with van der Waals surface area (Å²) in [5.74, 6) is 0. The van der Waals surface area contributed by atoms with Crippen LogP contribution < -0.4 is 5.32 Å². The third-order valence-corrected chi connectivity index (χ3v) is 3.21. The molecule has 0 bridgehead atoms. The first-order valence-electron chi connectivity index (χ1n) is 7.18. The molecule has 0 atom stereocenters. The third kappa shape index (κ3) is 6.34. The van der Waals surface area contributed by atoms with Gasteiger partial charge in [-0.15, -0.1) is 0 Å². The van der Waals surface area contributed by atoms with Gasteiger partial charge >= 0.3 is 0 Å². The maximum atomic E-state index is 10.8. The minimum absolute atomic E-state index is 0.206. The van der Waals surface area contributed by atoms with E-state index in [1.54, 1.807) is 12.1 Å². The molecule has 0 aromatic heterocycles. The number of para-hydroxylation sites is 1. The summed E-state index contributed by atoms with van der Waals surface area (Å²) in [6.07, 6.45) is 7.59. The van der Waals surface area contributed by atoms with Crippen molar-refractivity contribution in [3.63, 3.8) is 0 Å². The van der Waals surface area contributed by atoms with E-state index >= 15 is 0 Å². The molecular formula is C15H24N2O2. The van der Waals surface area contributed by atoms with Crippen LogP contribution >= 0.6 is 0 Å². The summed E-state index contributed by atoms with van der Waals surface area (Å²) in [4.78, 5) is 10.5. The van der Waals surface area contributed by atoms with Crippen molar-refractivity contribution in [2.75, 3.05) is 6.54 Å². The second kappa shape index (κ2) is 9.50. The fourth-order valence-corrected chi connectivity index (χ4v) is 2.09. The molecule has 0 aliphatic heterocycles. The Bertz CT molecular complexity index is 380. The fourth-order valence-electron chi connectivity index (χ4n) is 2.09. The maximum Gasteiger partial charge on any atom is 0.273 e. The van der Waals surface area contributed by atoms with Gasteiger partial charge in [0.25, 0.3) is 5.69 Å². The molecule has 0 aliphatic rings. The molecule has 19 heavy (non-hydrogen) atoms. The molecule has 0 amide bonds. The van der Waals surface area contributed by atoms with E-state index in [-0.39, 0.29) is 10.6 Å². The topological polar surface area (TPSA) is 55.2 Å². The summed E-state index contributed by atoms with van der Waals surface area (Å²) in [6.45, 7) is 3.72. The largest absolute Gasteiger partial charge is 0.312 e. The molecule has 0 aliphatic carbocycles. The number of benzene rings is 1. The van der Waals surface area contributed by atoms with Gasteiger partial charge in [-0.25, -0.2) is 0 Å². The van der Waals surface area contributed by atoms with E-state index in [4.69, 9.17) is 0 Å². The highest BCUT2D eigenvalue weighted by molar-refractivity contribution is 5.39. The molecule has 1 rings (SSSR count). The second-order valence-electron chi connectivity index (χ2n) is 4.83. The average Bonchev–Trinajstić information content (AvgIpc) is 2.42. The number of unbranched alkanes of at least 4 members (excludes halogenated alkanes) is 5. The van der Waals surface area contributed by atoms with Gasteiger partial charge in [-0.2, -0.15) is 0 Å². The van der Waals surface area contributed by atoms with E-state index < -0.39 is 0 Å². The number of nitrogens with one attached hydrogen (secondary N) is 1. The van der Waals surface area contributed by atoms with Crippen LogP contribution in [-0.4, -0.2) is 11.5 Å². The number of rotatable bonds is 10. The van der Waals surface area contributed by atoms with Gasteiger partial charge in [0, 0.05) is 18.2 Å². The smallest absolute Gasteiger partial charge is 0.273 e. The highest BCUT2D eigenvalue weighted by atomic mass is 16.6. The van der Waals surface area contributed by atoms with Crippen LogP contribution in [0.2, 0.25) is 0 Å². The van der Waals surface area contributed by atoms with E-state index in [1.165, 1.54) is 32.1 Å². The van der Waals surface area contributed by atoms with Crippen molar-refractivity contribution in [2.24, 2.45) is 0 Å². The van der Waals surface area contributed by atoms with Gasteiger partial charge in [-0.3, -0.25) is 10.1 Å². The lowest BCUT2D eigenvalue weighted by atomic mass is 10.1. The zero-order valence-corrected chi connectivity index (χ0v) is 11.7. The monoisotopic (exact) mass is 264 g/mol. The molecule has 4 heteroatoms. The number of hydrogen-bond acceptors (Lipinski definition) is 3. The molecule has 1 aromatic carbocycles. The fraction of sp³-hybridized carbons (Fsp3) is 0.600. The number of hydrogen-bond donors (Lipinski definition) is 1. The molecule has 0 fully saturated rings. The molecule has 0 saturated heterocycles. The summed E-state index contributed by atoms with van der Waals surface area (Å²) in [5.41, 5.74) is 0.969. The Hall–Kier alpha value is -1.42.